The third-order valence-corrected chi connectivity index (χ3v) is 5.11. The van der Waals surface area contributed by atoms with E-state index in [-0.39, 0.29) is 5.91 Å². The SMILES string of the molecule is O=C(C=Cc1cccnc1)NCCCCc1nc(-c2ccccc2)c(-c2ccccc2)[nH]1. The number of unbranched alkanes of at least 4 members (excludes halogenated alkanes) is 1. The summed E-state index contributed by atoms with van der Waals surface area (Å²) in [6.07, 6.45) is 9.39. The standard InChI is InChI=1S/C27H26N4O/c32-25(17-16-21-10-9-18-28-20-21)29-19-8-7-15-24-30-26(22-11-3-1-4-12-22)27(31-24)23-13-5-2-6-14-23/h1-6,9-14,16-18,20H,7-8,15,19H2,(H,29,32)(H,30,31). The van der Waals surface area contributed by atoms with Crippen LogP contribution in [0.15, 0.2) is 91.3 Å². The van der Waals surface area contributed by atoms with Gasteiger partial charge in [0.05, 0.1) is 11.4 Å². The molecule has 0 fully saturated rings. The van der Waals surface area contributed by atoms with Crippen LogP contribution in [0.5, 0.6) is 0 Å². The fourth-order valence-corrected chi connectivity index (χ4v) is 3.49. The first-order chi connectivity index (χ1) is 15.8. The highest BCUT2D eigenvalue weighted by atomic mass is 16.1. The third kappa shape index (κ3) is 5.79. The zero-order chi connectivity index (χ0) is 22.0. The number of aryl methyl sites for hydroxylation is 1. The Morgan fingerprint density at radius 1 is 0.906 bits per heavy atom. The van der Waals surface area contributed by atoms with Crippen LogP contribution in [0, 0.1) is 0 Å². The molecule has 0 aliphatic carbocycles. The number of pyridine rings is 1. The smallest absolute Gasteiger partial charge is 0.243 e. The van der Waals surface area contributed by atoms with E-state index in [0.717, 1.165) is 53.2 Å². The maximum absolute atomic E-state index is 12.0. The largest absolute Gasteiger partial charge is 0.353 e. The number of hydrogen-bond acceptors (Lipinski definition) is 3. The monoisotopic (exact) mass is 422 g/mol. The van der Waals surface area contributed by atoms with Crippen molar-refractivity contribution in [1.82, 2.24) is 20.3 Å². The number of carbonyl (C=O) groups is 1. The van der Waals surface area contributed by atoms with Crippen LogP contribution in [0.3, 0.4) is 0 Å². The van der Waals surface area contributed by atoms with Crippen LogP contribution in [-0.2, 0) is 11.2 Å². The third-order valence-electron chi connectivity index (χ3n) is 5.11. The van der Waals surface area contributed by atoms with Gasteiger partial charge in [0.15, 0.2) is 0 Å². The van der Waals surface area contributed by atoms with E-state index in [0.29, 0.717) is 6.54 Å². The van der Waals surface area contributed by atoms with E-state index in [9.17, 15) is 4.79 Å². The molecule has 5 nitrogen and oxygen atoms in total. The van der Waals surface area contributed by atoms with Crippen LogP contribution in [0.2, 0.25) is 0 Å². The summed E-state index contributed by atoms with van der Waals surface area (Å²) in [7, 11) is 0. The van der Waals surface area contributed by atoms with Crippen molar-refractivity contribution in [3.8, 4) is 22.5 Å². The van der Waals surface area contributed by atoms with Crippen LogP contribution >= 0.6 is 0 Å². The molecule has 32 heavy (non-hydrogen) atoms. The zero-order valence-electron chi connectivity index (χ0n) is 17.9. The maximum atomic E-state index is 12.0. The number of nitrogens with one attached hydrogen (secondary N) is 2. The lowest BCUT2D eigenvalue weighted by Gasteiger charge is -2.02. The molecule has 0 aliphatic heterocycles. The van der Waals surface area contributed by atoms with Crippen molar-refractivity contribution in [2.45, 2.75) is 19.3 Å². The van der Waals surface area contributed by atoms with Gasteiger partial charge in [-0.3, -0.25) is 9.78 Å². The number of aromatic amines is 1. The molecule has 4 rings (SSSR count). The molecule has 1 amide bonds. The minimum atomic E-state index is -0.0930. The Hall–Kier alpha value is -3.99. The predicted molar refractivity (Wildman–Crippen MR) is 129 cm³/mol. The second-order valence-corrected chi connectivity index (χ2v) is 7.51. The van der Waals surface area contributed by atoms with Gasteiger partial charge in [0, 0.05) is 42.6 Å². The van der Waals surface area contributed by atoms with E-state index in [1.165, 1.54) is 0 Å². The summed E-state index contributed by atoms with van der Waals surface area (Å²) in [6, 6.07) is 24.3. The quantitative estimate of drug-likeness (QED) is 0.284. The maximum Gasteiger partial charge on any atom is 0.243 e. The Balaban J connectivity index is 1.32. The Labute approximate surface area is 188 Å². The van der Waals surface area contributed by atoms with E-state index in [1.807, 2.05) is 48.5 Å². The van der Waals surface area contributed by atoms with Crippen molar-refractivity contribution < 1.29 is 4.79 Å². The molecule has 0 unspecified atom stereocenters. The number of aromatic nitrogens is 3. The Morgan fingerprint density at radius 2 is 1.66 bits per heavy atom. The van der Waals surface area contributed by atoms with Crippen molar-refractivity contribution in [2.24, 2.45) is 0 Å². The first-order valence-electron chi connectivity index (χ1n) is 10.9. The van der Waals surface area contributed by atoms with Gasteiger partial charge in [-0.2, -0.15) is 0 Å². The van der Waals surface area contributed by atoms with E-state index >= 15 is 0 Å². The Morgan fingerprint density at radius 3 is 2.38 bits per heavy atom. The Bertz CT molecular complexity index is 1100. The van der Waals surface area contributed by atoms with Crippen LogP contribution in [0.1, 0.15) is 24.2 Å². The number of amides is 1. The highest BCUT2D eigenvalue weighted by Crippen LogP contribution is 2.30. The number of hydrogen-bond donors (Lipinski definition) is 2. The number of H-pyrrole nitrogens is 1. The average Bonchev–Trinajstić information content (AvgIpc) is 3.28. The van der Waals surface area contributed by atoms with E-state index in [1.54, 1.807) is 24.5 Å². The lowest BCUT2D eigenvalue weighted by molar-refractivity contribution is -0.116. The van der Waals surface area contributed by atoms with Crippen molar-refractivity contribution in [3.63, 3.8) is 0 Å². The fraction of sp³-hybridized carbons (Fsp3) is 0.148. The van der Waals surface area contributed by atoms with Gasteiger partial charge in [-0.15, -0.1) is 0 Å². The predicted octanol–water partition coefficient (Wildman–Crippen LogP) is 5.29. The molecule has 0 radical (unpaired) electrons. The molecule has 160 valence electrons. The molecule has 0 bridgehead atoms. The summed E-state index contributed by atoms with van der Waals surface area (Å²) in [5, 5.41) is 2.93. The van der Waals surface area contributed by atoms with Crippen LogP contribution in [0.25, 0.3) is 28.6 Å². The van der Waals surface area contributed by atoms with E-state index < -0.39 is 0 Å². The summed E-state index contributed by atoms with van der Waals surface area (Å²) >= 11 is 0. The number of nitrogens with zero attached hydrogens (tertiary/aromatic N) is 2. The van der Waals surface area contributed by atoms with Crippen molar-refractivity contribution >= 4 is 12.0 Å². The Kier molecular flexibility index (Phi) is 7.21. The summed E-state index contributed by atoms with van der Waals surface area (Å²) in [4.78, 5) is 24.4. The minimum Gasteiger partial charge on any atom is -0.353 e. The first kappa shape index (κ1) is 21.2. The van der Waals surface area contributed by atoms with Crippen LogP contribution < -0.4 is 5.32 Å². The molecule has 5 heteroatoms. The molecular weight excluding hydrogens is 396 g/mol. The molecule has 2 heterocycles. The summed E-state index contributed by atoms with van der Waals surface area (Å²) in [5.74, 6) is 0.870. The molecule has 0 aliphatic rings. The van der Waals surface area contributed by atoms with Gasteiger partial charge in [-0.05, 0) is 30.5 Å². The second kappa shape index (κ2) is 10.9. The van der Waals surface area contributed by atoms with Crippen molar-refractivity contribution in [3.05, 3.63) is 103 Å². The molecule has 2 N–H and O–H groups in total. The summed E-state index contributed by atoms with van der Waals surface area (Å²) in [6.45, 7) is 0.633. The molecule has 2 aromatic carbocycles. The average molecular weight is 423 g/mol. The summed E-state index contributed by atoms with van der Waals surface area (Å²) < 4.78 is 0. The normalized spacial score (nSPS) is 11.0. The molecule has 0 atom stereocenters. The summed E-state index contributed by atoms with van der Waals surface area (Å²) in [5.41, 5.74) is 5.14. The van der Waals surface area contributed by atoms with Gasteiger partial charge in [0.2, 0.25) is 5.91 Å². The first-order valence-corrected chi connectivity index (χ1v) is 10.9. The molecular formula is C27H26N4O. The van der Waals surface area contributed by atoms with Gasteiger partial charge < -0.3 is 10.3 Å². The van der Waals surface area contributed by atoms with Gasteiger partial charge in [0.25, 0.3) is 0 Å². The van der Waals surface area contributed by atoms with Gasteiger partial charge >= 0.3 is 0 Å². The van der Waals surface area contributed by atoms with Crippen LogP contribution in [0.4, 0.5) is 0 Å². The van der Waals surface area contributed by atoms with Crippen molar-refractivity contribution in [2.75, 3.05) is 6.54 Å². The molecule has 0 spiro atoms. The zero-order valence-corrected chi connectivity index (χ0v) is 17.9. The number of benzene rings is 2. The van der Waals surface area contributed by atoms with E-state index in [4.69, 9.17) is 4.98 Å². The highest BCUT2D eigenvalue weighted by Gasteiger charge is 2.13. The molecule has 0 saturated carbocycles. The van der Waals surface area contributed by atoms with Gasteiger partial charge in [0.1, 0.15) is 5.82 Å². The molecule has 4 aromatic rings. The molecule has 0 saturated heterocycles. The van der Waals surface area contributed by atoms with Gasteiger partial charge in [-0.1, -0.05) is 66.7 Å². The number of imidazole rings is 1. The second-order valence-electron chi connectivity index (χ2n) is 7.51. The van der Waals surface area contributed by atoms with E-state index in [2.05, 4.69) is 39.6 Å². The molecule has 2 aromatic heterocycles. The van der Waals surface area contributed by atoms with Crippen LogP contribution in [-0.4, -0.2) is 27.4 Å². The lowest BCUT2D eigenvalue weighted by Crippen LogP contribution is -2.22. The minimum absolute atomic E-state index is 0.0930. The lowest BCUT2D eigenvalue weighted by atomic mass is 10.1. The highest BCUT2D eigenvalue weighted by molar-refractivity contribution is 5.91. The van der Waals surface area contributed by atoms with Gasteiger partial charge in [-0.25, -0.2) is 4.98 Å². The fourth-order valence-electron chi connectivity index (χ4n) is 3.49. The number of carbonyl (C=O) groups excluding carboxylic acids is 1. The number of rotatable bonds is 9. The van der Waals surface area contributed by atoms with Crippen molar-refractivity contribution in [1.29, 1.82) is 0 Å². The topological polar surface area (TPSA) is 70.7 Å².